The third kappa shape index (κ3) is 1.85. The molecule has 2 unspecified atom stereocenters. The summed E-state index contributed by atoms with van der Waals surface area (Å²) in [6.07, 6.45) is 5.62. The van der Waals surface area contributed by atoms with E-state index in [1.165, 1.54) is 0 Å². The van der Waals surface area contributed by atoms with Crippen molar-refractivity contribution in [2.45, 2.75) is 63.6 Å². The fourth-order valence-corrected chi connectivity index (χ4v) is 5.09. The van der Waals surface area contributed by atoms with Crippen LogP contribution >= 0.6 is 0 Å². The number of aliphatic hydroxyl groups is 1. The van der Waals surface area contributed by atoms with Crippen LogP contribution in [0, 0.1) is 17.8 Å². The van der Waals surface area contributed by atoms with E-state index in [-0.39, 0.29) is 11.6 Å². The molecule has 0 spiro atoms. The van der Waals surface area contributed by atoms with Crippen LogP contribution in [0.1, 0.15) is 52.4 Å². The van der Waals surface area contributed by atoms with Crippen LogP contribution in [-0.2, 0) is 9.53 Å². The molecule has 3 nitrogen and oxygen atoms in total. The van der Waals surface area contributed by atoms with Crippen LogP contribution in [0.3, 0.4) is 0 Å². The molecular weight excluding hydrogens is 240 g/mol. The molecule has 0 radical (unpaired) electrons. The summed E-state index contributed by atoms with van der Waals surface area (Å²) >= 11 is 0. The van der Waals surface area contributed by atoms with E-state index in [0.29, 0.717) is 23.3 Å². The molecule has 19 heavy (non-hydrogen) atoms. The van der Waals surface area contributed by atoms with Gasteiger partial charge in [0.15, 0.2) is 0 Å². The highest BCUT2D eigenvalue weighted by molar-refractivity contribution is 5.87. The van der Waals surface area contributed by atoms with Crippen LogP contribution in [0.5, 0.6) is 0 Å². The van der Waals surface area contributed by atoms with Crippen LogP contribution in [0.25, 0.3) is 0 Å². The predicted molar refractivity (Wildman–Crippen MR) is 72.4 cm³/mol. The normalized spacial score (nSPS) is 47.2. The van der Waals surface area contributed by atoms with Gasteiger partial charge in [0.05, 0.1) is 5.60 Å². The summed E-state index contributed by atoms with van der Waals surface area (Å²) in [5.41, 5.74) is -0.357. The lowest BCUT2D eigenvalue weighted by atomic mass is 9.47. The second-order valence-corrected chi connectivity index (χ2v) is 7.05. The van der Waals surface area contributed by atoms with Gasteiger partial charge >= 0.3 is 5.97 Å². The van der Waals surface area contributed by atoms with Gasteiger partial charge in [0, 0.05) is 17.4 Å². The summed E-state index contributed by atoms with van der Waals surface area (Å²) in [7, 11) is 0. The number of carbonyl (C=O) groups is 1. The highest BCUT2D eigenvalue weighted by Crippen LogP contribution is 2.62. The first-order chi connectivity index (χ1) is 8.88. The standard InChI is InChI=1S/C16H24O3/c1-4-16(19-14(17)10(2)3)12-5-11-6-13(16)9-15(18,7-11)8-12/h11-13,18H,2,4-9H2,1,3H3. The van der Waals surface area contributed by atoms with Gasteiger partial charge in [0.2, 0.25) is 0 Å². The van der Waals surface area contributed by atoms with Crippen molar-refractivity contribution in [3.05, 3.63) is 12.2 Å². The molecule has 4 bridgehead atoms. The van der Waals surface area contributed by atoms with Gasteiger partial charge < -0.3 is 9.84 Å². The summed E-state index contributed by atoms with van der Waals surface area (Å²) in [5.74, 6) is 1.03. The Morgan fingerprint density at radius 2 is 1.89 bits per heavy atom. The van der Waals surface area contributed by atoms with Gasteiger partial charge in [-0.2, -0.15) is 0 Å². The smallest absolute Gasteiger partial charge is 0.333 e. The number of ether oxygens (including phenoxy) is 1. The second kappa shape index (κ2) is 4.08. The average molecular weight is 264 g/mol. The molecule has 0 heterocycles. The van der Waals surface area contributed by atoms with Crippen molar-refractivity contribution < 1.29 is 14.6 Å². The molecule has 0 amide bonds. The van der Waals surface area contributed by atoms with Crippen molar-refractivity contribution in [2.75, 3.05) is 0 Å². The molecule has 4 aliphatic rings. The first-order valence-electron chi connectivity index (χ1n) is 7.50. The zero-order chi connectivity index (χ0) is 13.8. The molecule has 4 aliphatic carbocycles. The Bertz CT molecular complexity index is 410. The maximum Gasteiger partial charge on any atom is 0.333 e. The maximum absolute atomic E-state index is 12.0. The Balaban J connectivity index is 1.90. The fraction of sp³-hybridized carbons (Fsp3) is 0.812. The van der Waals surface area contributed by atoms with E-state index in [9.17, 15) is 9.90 Å². The molecular formula is C16H24O3. The van der Waals surface area contributed by atoms with Crippen molar-refractivity contribution in [2.24, 2.45) is 17.8 Å². The van der Waals surface area contributed by atoms with E-state index in [0.717, 1.165) is 38.5 Å². The fourth-order valence-electron chi connectivity index (χ4n) is 5.09. The molecule has 4 rings (SSSR count). The van der Waals surface area contributed by atoms with Crippen LogP contribution in [-0.4, -0.2) is 22.3 Å². The van der Waals surface area contributed by atoms with Gasteiger partial charge in [-0.1, -0.05) is 13.5 Å². The lowest BCUT2D eigenvalue weighted by Gasteiger charge is -2.62. The lowest BCUT2D eigenvalue weighted by molar-refractivity contribution is -0.240. The molecule has 0 aromatic carbocycles. The van der Waals surface area contributed by atoms with E-state index in [1.807, 2.05) is 0 Å². The summed E-state index contributed by atoms with van der Waals surface area (Å²) in [5, 5.41) is 10.6. The quantitative estimate of drug-likeness (QED) is 0.630. The molecule has 4 saturated carbocycles. The van der Waals surface area contributed by atoms with Gasteiger partial charge in [-0.25, -0.2) is 4.79 Å². The highest BCUT2D eigenvalue weighted by Gasteiger charge is 2.63. The number of rotatable bonds is 3. The van der Waals surface area contributed by atoms with E-state index in [1.54, 1.807) is 6.92 Å². The van der Waals surface area contributed by atoms with E-state index in [4.69, 9.17) is 4.74 Å². The van der Waals surface area contributed by atoms with Gasteiger partial charge in [-0.15, -0.1) is 0 Å². The summed E-state index contributed by atoms with van der Waals surface area (Å²) in [6, 6.07) is 0. The van der Waals surface area contributed by atoms with Gasteiger partial charge in [0.1, 0.15) is 5.60 Å². The Labute approximate surface area is 115 Å². The molecule has 4 fully saturated rings. The first-order valence-corrected chi connectivity index (χ1v) is 7.50. The highest BCUT2D eigenvalue weighted by atomic mass is 16.6. The molecule has 3 heteroatoms. The number of carbonyl (C=O) groups excluding carboxylic acids is 1. The Morgan fingerprint density at radius 3 is 2.32 bits per heavy atom. The molecule has 0 aromatic rings. The van der Waals surface area contributed by atoms with E-state index >= 15 is 0 Å². The minimum atomic E-state index is -0.481. The van der Waals surface area contributed by atoms with Crippen molar-refractivity contribution in [3.8, 4) is 0 Å². The zero-order valence-corrected chi connectivity index (χ0v) is 11.9. The Kier molecular flexibility index (Phi) is 2.83. The van der Waals surface area contributed by atoms with Crippen molar-refractivity contribution >= 4 is 5.97 Å². The average Bonchev–Trinajstić information content (AvgIpc) is 2.31. The largest absolute Gasteiger partial charge is 0.455 e. The van der Waals surface area contributed by atoms with Gasteiger partial charge in [-0.05, 0) is 51.4 Å². The van der Waals surface area contributed by atoms with Crippen molar-refractivity contribution in [1.29, 1.82) is 0 Å². The maximum atomic E-state index is 12.0. The monoisotopic (exact) mass is 264 g/mol. The van der Waals surface area contributed by atoms with Gasteiger partial charge in [-0.3, -0.25) is 0 Å². The Morgan fingerprint density at radius 1 is 1.32 bits per heavy atom. The lowest BCUT2D eigenvalue weighted by Crippen LogP contribution is -2.64. The summed E-state index contributed by atoms with van der Waals surface area (Å²) in [4.78, 5) is 12.0. The molecule has 106 valence electrons. The minimum Gasteiger partial charge on any atom is -0.455 e. The summed E-state index contributed by atoms with van der Waals surface area (Å²) in [6.45, 7) is 7.51. The van der Waals surface area contributed by atoms with E-state index in [2.05, 4.69) is 13.5 Å². The predicted octanol–water partition coefficient (Wildman–Crippen LogP) is 2.83. The number of hydrogen-bond acceptors (Lipinski definition) is 3. The summed E-state index contributed by atoms with van der Waals surface area (Å²) < 4.78 is 5.92. The first kappa shape index (κ1) is 13.2. The van der Waals surface area contributed by atoms with Crippen molar-refractivity contribution in [3.63, 3.8) is 0 Å². The van der Waals surface area contributed by atoms with Crippen molar-refractivity contribution in [1.82, 2.24) is 0 Å². The molecule has 1 N–H and O–H groups in total. The second-order valence-electron chi connectivity index (χ2n) is 7.05. The van der Waals surface area contributed by atoms with Gasteiger partial charge in [0.25, 0.3) is 0 Å². The van der Waals surface area contributed by atoms with Crippen LogP contribution in [0.4, 0.5) is 0 Å². The third-order valence-corrected chi connectivity index (χ3v) is 5.72. The van der Waals surface area contributed by atoms with Crippen LogP contribution in [0.15, 0.2) is 12.2 Å². The molecule has 2 atom stereocenters. The third-order valence-electron chi connectivity index (χ3n) is 5.72. The molecule has 0 aromatic heterocycles. The zero-order valence-electron chi connectivity index (χ0n) is 11.9. The minimum absolute atomic E-state index is 0.263. The van der Waals surface area contributed by atoms with Crippen LogP contribution < -0.4 is 0 Å². The SMILES string of the molecule is C=C(C)C(=O)OC1(CC)C2CC3CC1CC(O)(C3)C2. The number of esters is 1. The van der Waals surface area contributed by atoms with Crippen LogP contribution in [0.2, 0.25) is 0 Å². The van der Waals surface area contributed by atoms with E-state index < -0.39 is 5.60 Å². The number of hydrogen-bond donors (Lipinski definition) is 1. The molecule has 0 aliphatic heterocycles. The topological polar surface area (TPSA) is 46.5 Å². The Hall–Kier alpha value is -0.830. The molecule has 0 saturated heterocycles.